The number of methoxy groups -OCH3 is 1. The molecule has 3 rings (SSSR count). The summed E-state index contributed by atoms with van der Waals surface area (Å²) in [4.78, 5) is 14.5. The predicted molar refractivity (Wildman–Crippen MR) is 108 cm³/mol. The molecule has 1 amide bonds. The van der Waals surface area contributed by atoms with Gasteiger partial charge in [-0.25, -0.2) is 8.42 Å². The van der Waals surface area contributed by atoms with Gasteiger partial charge < -0.3 is 9.64 Å². The Morgan fingerprint density at radius 2 is 2.00 bits per heavy atom. The molecule has 27 heavy (non-hydrogen) atoms. The minimum absolute atomic E-state index is 0.0540. The standard InChI is InChI=1S/C19H22N2O4S2/c1-12-5-8-18(25-4)16(9-12)20-27(23,24)15-6-7-17-19(10-15)26-13(2)11-21(17)14(3)22/h5-10,13,20H,11H2,1-4H3. The first-order valence-electron chi connectivity index (χ1n) is 8.47. The fourth-order valence-electron chi connectivity index (χ4n) is 2.99. The number of ether oxygens (including phenoxy) is 1. The molecule has 2 aromatic rings. The first-order chi connectivity index (χ1) is 12.7. The average molecular weight is 407 g/mol. The lowest BCUT2D eigenvalue weighted by Gasteiger charge is -2.32. The number of benzene rings is 2. The summed E-state index contributed by atoms with van der Waals surface area (Å²) in [6.45, 7) is 6.02. The van der Waals surface area contributed by atoms with E-state index >= 15 is 0 Å². The number of carbonyl (C=O) groups is 1. The smallest absolute Gasteiger partial charge is 0.262 e. The Kier molecular flexibility index (Phi) is 5.39. The number of rotatable bonds is 4. The number of nitrogens with zero attached hydrogens (tertiary/aromatic N) is 1. The van der Waals surface area contributed by atoms with Crippen molar-refractivity contribution in [2.24, 2.45) is 0 Å². The van der Waals surface area contributed by atoms with Crippen LogP contribution in [-0.2, 0) is 14.8 Å². The third-order valence-electron chi connectivity index (χ3n) is 4.28. The second-order valence-corrected chi connectivity index (χ2v) is 9.66. The van der Waals surface area contributed by atoms with Gasteiger partial charge in [-0.05, 0) is 42.8 Å². The SMILES string of the molecule is COc1ccc(C)cc1NS(=O)(=O)c1ccc2c(c1)SC(C)CN2C(C)=O. The van der Waals surface area contributed by atoms with Crippen LogP contribution < -0.4 is 14.4 Å². The van der Waals surface area contributed by atoms with Crippen molar-refractivity contribution in [1.82, 2.24) is 0 Å². The molecule has 0 saturated carbocycles. The van der Waals surface area contributed by atoms with Gasteiger partial charge in [0.05, 0.1) is 23.4 Å². The third kappa shape index (κ3) is 4.06. The minimum Gasteiger partial charge on any atom is -0.495 e. The van der Waals surface area contributed by atoms with Crippen molar-refractivity contribution in [3.8, 4) is 5.75 Å². The molecule has 144 valence electrons. The van der Waals surface area contributed by atoms with Gasteiger partial charge in [0.25, 0.3) is 10.0 Å². The molecule has 1 unspecified atom stereocenters. The van der Waals surface area contributed by atoms with Gasteiger partial charge in [0.2, 0.25) is 5.91 Å². The predicted octanol–water partition coefficient (Wildman–Crippen LogP) is 3.65. The number of thioether (sulfide) groups is 1. The second-order valence-electron chi connectivity index (χ2n) is 6.50. The monoisotopic (exact) mass is 406 g/mol. The van der Waals surface area contributed by atoms with Gasteiger partial charge in [-0.2, -0.15) is 0 Å². The van der Waals surface area contributed by atoms with Crippen LogP contribution in [0.1, 0.15) is 19.4 Å². The summed E-state index contributed by atoms with van der Waals surface area (Å²) in [5.41, 5.74) is 2.06. The summed E-state index contributed by atoms with van der Waals surface area (Å²) in [7, 11) is -2.30. The lowest BCUT2D eigenvalue weighted by molar-refractivity contribution is -0.116. The molecule has 0 aliphatic carbocycles. The lowest BCUT2D eigenvalue weighted by atomic mass is 10.2. The van der Waals surface area contributed by atoms with Crippen LogP contribution in [0.15, 0.2) is 46.2 Å². The molecular formula is C19H22N2O4S2. The molecule has 0 bridgehead atoms. The van der Waals surface area contributed by atoms with Crippen LogP contribution in [-0.4, -0.2) is 33.2 Å². The lowest BCUT2D eigenvalue weighted by Crippen LogP contribution is -2.37. The largest absolute Gasteiger partial charge is 0.495 e. The zero-order valence-corrected chi connectivity index (χ0v) is 17.3. The Bertz CT molecular complexity index is 989. The Morgan fingerprint density at radius 3 is 2.67 bits per heavy atom. The Balaban J connectivity index is 1.98. The molecule has 1 atom stereocenters. The zero-order chi connectivity index (χ0) is 19.8. The summed E-state index contributed by atoms with van der Waals surface area (Å²) < 4.78 is 33.7. The molecule has 0 aromatic heterocycles. The van der Waals surface area contributed by atoms with Crippen molar-refractivity contribution in [2.75, 3.05) is 23.3 Å². The third-order valence-corrected chi connectivity index (χ3v) is 6.78. The molecule has 1 N–H and O–H groups in total. The second kappa shape index (κ2) is 7.44. The van der Waals surface area contributed by atoms with Crippen molar-refractivity contribution in [3.05, 3.63) is 42.0 Å². The summed E-state index contributed by atoms with van der Waals surface area (Å²) in [5, 5.41) is 0.184. The van der Waals surface area contributed by atoms with Gasteiger partial charge in [0, 0.05) is 23.6 Å². The minimum atomic E-state index is -3.80. The molecular weight excluding hydrogens is 384 g/mol. The molecule has 0 saturated heterocycles. The van der Waals surface area contributed by atoms with Crippen molar-refractivity contribution in [2.45, 2.75) is 35.8 Å². The molecule has 1 heterocycles. The van der Waals surface area contributed by atoms with E-state index in [4.69, 9.17) is 4.74 Å². The molecule has 0 radical (unpaired) electrons. The van der Waals surface area contributed by atoms with E-state index in [1.165, 1.54) is 20.1 Å². The summed E-state index contributed by atoms with van der Waals surface area (Å²) in [5.74, 6) is 0.398. The molecule has 6 nitrogen and oxygen atoms in total. The van der Waals surface area contributed by atoms with Gasteiger partial charge in [0.15, 0.2) is 0 Å². The van der Waals surface area contributed by atoms with Crippen molar-refractivity contribution >= 4 is 39.1 Å². The number of hydrogen-bond donors (Lipinski definition) is 1. The van der Waals surface area contributed by atoms with E-state index in [9.17, 15) is 13.2 Å². The van der Waals surface area contributed by atoms with Crippen LogP contribution >= 0.6 is 11.8 Å². The first kappa shape index (κ1) is 19.6. The normalized spacial score (nSPS) is 16.6. The maximum Gasteiger partial charge on any atom is 0.262 e. The zero-order valence-electron chi connectivity index (χ0n) is 15.6. The molecule has 0 spiro atoms. The fourth-order valence-corrected chi connectivity index (χ4v) is 5.30. The molecule has 8 heteroatoms. The van der Waals surface area contributed by atoms with Crippen LogP contribution in [0.4, 0.5) is 11.4 Å². The first-order valence-corrected chi connectivity index (χ1v) is 10.8. The Labute approximate surface area is 164 Å². The van der Waals surface area contributed by atoms with Crippen molar-refractivity contribution in [1.29, 1.82) is 0 Å². The molecule has 1 aliphatic heterocycles. The highest BCUT2D eigenvalue weighted by Crippen LogP contribution is 2.40. The Hall–Kier alpha value is -2.19. The van der Waals surface area contributed by atoms with Crippen LogP contribution in [0.5, 0.6) is 5.75 Å². The van der Waals surface area contributed by atoms with Crippen LogP contribution in [0.3, 0.4) is 0 Å². The summed E-state index contributed by atoms with van der Waals surface area (Å²) in [6.07, 6.45) is 0. The average Bonchev–Trinajstić information content (AvgIpc) is 2.60. The maximum absolute atomic E-state index is 12.9. The highest BCUT2D eigenvalue weighted by molar-refractivity contribution is 8.00. The summed E-state index contributed by atoms with van der Waals surface area (Å²) in [6, 6.07) is 10.1. The number of aryl methyl sites for hydroxylation is 1. The van der Waals surface area contributed by atoms with Crippen LogP contribution in [0, 0.1) is 6.92 Å². The fraction of sp³-hybridized carbons (Fsp3) is 0.316. The van der Waals surface area contributed by atoms with Crippen molar-refractivity contribution < 1.29 is 17.9 Å². The number of carbonyl (C=O) groups excluding carboxylic acids is 1. The van der Waals surface area contributed by atoms with E-state index in [1.54, 1.807) is 40.9 Å². The maximum atomic E-state index is 12.9. The van der Waals surface area contributed by atoms with Crippen molar-refractivity contribution in [3.63, 3.8) is 0 Å². The molecule has 2 aromatic carbocycles. The number of nitrogens with one attached hydrogen (secondary N) is 1. The molecule has 0 fully saturated rings. The van der Waals surface area contributed by atoms with Gasteiger partial charge in [-0.15, -0.1) is 11.8 Å². The number of fused-ring (bicyclic) bond motifs is 1. The van der Waals surface area contributed by atoms with Crippen LogP contribution in [0.2, 0.25) is 0 Å². The van der Waals surface area contributed by atoms with E-state index in [0.717, 1.165) is 16.1 Å². The van der Waals surface area contributed by atoms with Gasteiger partial charge in [-0.1, -0.05) is 13.0 Å². The Morgan fingerprint density at radius 1 is 1.26 bits per heavy atom. The van der Waals surface area contributed by atoms with E-state index in [1.807, 2.05) is 19.9 Å². The van der Waals surface area contributed by atoms with E-state index in [2.05, 4.69) is 4.72 Å². The van der Waals surface area contributed by atoms with Gasteiger partial charge in [-0.3, -0.25) is 9.52 Å². The highest BCUT2D eigenvalue weighted by atomic mass is 32.2. The molecule has 1 aliphatic rings. The van der Waals surface area contributed by atoms with Gasteiger partial charge >= 0.3 is 0 Å². The topological polar surface area (TPSA) is 75.7 Å². The number of anilines is 2. The van der Waals surface area contributed by atoms with E-state index in [0.29, 0.717) is 18.0 Å². The van der Waals surface area contributed by atoms with E-state index in [-0.39, 0.29) is 16.1 Å². The van der Waals surface area contributed by atoms with Gasteiger partial charge in [0.1, 0.15) is 5.75 Å². The van der Waals surface area contributed by atoms with Crippen LogP contribution in [0.25, 0.3) is 0 Å². The number of hydrogen-bond acceptors (Lipinski definition) is 5. The highest BCUT2D eigenvalue weighted by Gasteiger charge is 2.27. The summed E-state index contributed by atoms with van der Waals surface area (Å²) >= 11 is 1.57. The quantitative estimate of drug-likeness (QED) is 0.839. The number of sulfonamides is 1. The number of amides is 1. The van der Waals surface area contributed by atoms with E-state index < -0.39 is 10.0 Å².